The normalized spacial score (nSPS) is 12.5. The predicted molar refractivity (Wildman–Crippen MR) is 81.0 cm³/mol. The van der Waals surface area contributed by atoms with Crippen LogP contribution >= 0.6 is 11.3 Å². The Morgan fingerprint density at radius 2 is 1.89 bits per heavy atom. The van der Waals surface area contributed by atoms with E-state index in [1.807, 2.05) is 33.1 Å². The molecule has 0 aliphatic heterocycles. The maximum Gasteiger partial charge on any atom is 0.241 e. The van der Waals surface area contributed by atoms with Gasteiger partial charge in [-0.3, -0.25) is 0 Å². The Labute approximate surface area is 120 Å². The highest BCUT2D eigenvalue weighted by molar-refractivity contribution is 7.89. The Hall–Kier alpha value is -0.430. The molecule has 1 heterocycles. The van der Waals surface area contributed by atoms with E-state index in [2.05, 4.69) is 10.0 Å². The zero-order valence-electron chi connectivity index (χ0n) is 12.1. The molecule has 19 heavy (non-hydrogen) atoms. The topological polar surface area (TPSA) is 58.2 Å². The first-order valence-electron chi connectivity index (χ1n) is 6.72. The lowest BCUT2D eigenvalue weighted by atomic mass is 10.2. The molecule has 0 spiro atoms. The number of hydrogen-bond acceptors (Lipinski definition) is 4. The van der Waals surface area contributed by atoms with Gasteiger partial charge in [0.15, 0.2) is 0 Å². The zero-order chi connectivity index (χ0) is 14.5. The smallest absolute Gasteiger partial charge is 0.241 e. The summed E-state index contributed by atoms with van der Waals surface area (Å²) in [7, 11) is -3.40. The van der Waals surface area contributed by atoms with Crippen LogP contribution in [-0.2, 0) is 16.6 Å². The van der Waals surface area contributed by atoms with Crippen LogP contribution in [0.1, 0.15) is 45.4 Å². The van der Waals surface area contributed by atoms with Gasteiger partial charge in [-0.25, -0.2) is 13.1 Å². The number of rotatable bonds is 8. The summed E-state index contributed by atoms with van der Waals surface area (Å²) >= 11 is 1.48. The molecule has 6 heteroatoms. The number of thiophene rings is 1. The second kappa shape index (κ2) is 7.38. The van der Waals surface area contributed by atoms with Crippen molar-refractivity contribution in [1.82, 2.24) is 10.0 Å². The molecule has 0 atom stereocenters. The van der Waals surface area contributed by atoms with E-state index in [0.717, 1.165) is 17.7 Å². The van der Waals surface area contributed by atoms with Crippen molar-refractivity contribution in [2.24, 2.45) is 0 Å². The Balaban J connectivity index is 2.86. The van der Waals surface area contributed by atoms with Crippen LogP contribution in [0, 0.1) is 0 Å². The minimum absolute atomic E-state index is 0.0100. The van der Waals surface area contributed by atoms with Crippen molar-refractivity contribution in [1.29, 1.82) is 0 Å². The summed E-state index contributed by atoms with van der Waals surface area (Å²) in [6, 6.07) is 2.03. The SMILES string of the molecule is CCC(CC)NS(=O)(=O)c1ccsc1CNC(C)C. The highest BCUT2D eigenvalue weighted by atomic mass is 32.2. The molecule has 0 fully saturated rings. The molecule has 2 N–H and O–H groups in total. The molecule has 1 aromatic rings. The lowest BCUT2D eigenvalue weighted by molar-refractivity contribution is 0.528. The fourth-order valence-electron chi connectivity index (χ4n) is 1.73. The maximum atomic E-state index is 12.4. The standard InChI is InChI=1S/C13H24N2O2S2/c1-5-11(6-2)15-19(16,17)13-7-8-18-12(13)9-14-10(3)4/h7-8,10-11,14-15H,5-6,9H2,1-4H3. The molecule has 0 aliphatic carbocycles. The van der Waals surface area contributed by atoms with Gasteiger partial charge in [-0.05, 0) is 24.3 Å². The van der Waals surface area contributed by atoms with Crippen LogP contribution in [0.5, 0.6) is 0 Å². The first-order chi connectivity index (χ1) is 8.90. The van der Waals surface area contributed by atoms with E-state index >= 15 is 0 Å². The molecule has 0 aliphatic rings. The molecule has 110 valence electrons. The van der Waals surface area contributed by atoms with E-state index in [4.69, 9.17) is 0 Å². The molecule has 4 nitrogen and oxygen atoms in total. The van der Waals surface area contributed by atoms with Gasteiger partial charge >= 0.3 is 0 Å². The molecule has 1 aromatic heterocycles. The van der Waals surface area contributed by atoms with Gasteiger partial charge in [0, 0.05) is 23.5 Å². The summed E-state index contributed by atoms with van der Waals surface area (Å²) in [5.74, 6) is 0. The van der Waals surface area contributed by atoms with Gasteiger partial charge in [-0.1, -0.05) is 27.7 Å². The van der Waals surface area contributed by atoms with E-state index in [1.165, 1.54) is 11.3 Å². The first-order valence-corrected chi connectivity index (χ1v) is 9.09. The van der Waals surface area contributed by atoms with E-state index < -0.39 is 10.0 Å². The van der Waals surface area contributed by atoms with Crippen molar-refractivity contribution in [2.45, 2.75) is 64.1 Å². The summed E-state index contributed by atoms with van der Waals surface area (Å²) in [4.78, 5) is 1.28. The molecule has 0 unspecified atom stereocenters. The monoisotopic (exact) mass is 304 g/mol. The lowest BCUT2D eigenvalue weighted by Crippen LogP contribution is -2.34. The van der Waals surface area contributed by atoms with E-state index in [-0.39, 0.29) is 6.04 Å². The van der Waals surface area contributed by atoms with Crippen LogP contribution in [0.4, 0.5) is 0 Å². The van der Waals surface area contributed by atoms with Gasteiger partial charge in [-0.2, -0.15) is 0 Å². The average molecular weight is 304 g/mol. The molecule has 0 bridgehead atoms. The summed E-state index contributed by atoms with van der Waals surface area (Å²) in [5.41, 5.74) is 0. The third-order valence-electron chi connectivity index (χ3n) is 2.97. The molecule has 0 radical (unpaired) electrons. The van der Waals surface area contributed by atoms with E-state index in [0.29, 0.717) is 17.5 Å². The van der Waals surface area contributed by atoms with Crippen LogP contribution in [0.25, 0.3) is 0 Å². The van der Waals surface area contributed by atoms with Gasteiger partial charge in [0.25, 0.3) is 0 Å². The Kier molecular flexibility index (Phi) is 6.46. The highest BCUT2D eigenvalue weighted by Crippen LogP contribution is 2.22. The van der Waals surface area contributed by atoms with Crippen molar-refractivity contribution in [3.63, 3.8) is 0 Å². The summed E-state index contributed by atoms with van der Waals surface area (Å²) < 4.78 is 27.5. The van der Waals surface area contributed by atoms with Crippen LogP contribution in [0.2, 0.25) is 0 Å². The third-order valence-corrected chi connectivity index (χ3v) is 5.63. The van der Waals surface area contributed by atoms with E-state index in [1.54, 1.807) is 6.07 Å². The molecule has 0 aromatic carbocycles. The van der Waals surface area contributed by atoms with Gasteiger partial charge < -0.3 is 5.32 Å². The lowest BCUT2D eigenvalue weighted by Gasteiger charge is -2.15. The summed E-state index contributed by atoms with van der Waals surface area (Å²) in [6.45, 7) is 8.67. The predicted octanol–water partition coefficient (Wildman–Crippen LogP) is 2.71. The van der Waals surface area contributed by atoms with E-state index in [9.17, 15) is 8.42 Å². The van der Waals surface area contributed by atoms with Crippen molar-refractivity contribution in [3.05, 3.63) is 16.3 Å². The Morgan fingerprint density at radius 3 is 2.42 bits per heavy atom. The van der Waals surface area contributed by atoms with Gasteiger partial charge in [0.05, 0.1) is 4.90 Å². The number of nitrogens with one attached hydrogen (secondary N) is 2. The maximum absolute atomic E-state index is 12.4. The van der Waals surface area contributed by atoms with Crippen LogP contribution in [-0.4, -0.2) is 20.5 Å². The molecular weight excluding hydrogens is 280 g/mol. The summed E-state index contributed by atoms with van der Waals surface area (Å²) in [6.07, 6.45) is 1.61. The highest BCUT2D eigenvalue weighted by Gasteiger charge is 2.22. The molecule has 0 saturated heterocycles. The summed E-state index contributed by atoms with van der Waals surface area (Å²) in [5, 5.41) is 5.09. The molecular formula is C13H24N2O2S2. The second-order valence-electron chi connectivity index (χ2n) is 4.88. The fourth-order valence-corrected chi connectivity index (χ4v) is 4.53. The Bertz CT molecular complexity index is 477. The van der Waals surface area contributed by atoms with Gasteiger partial charge in [-0.15, -0.1) is 11.3 Å². The quantitative estimate of drug-likeness (QED) is 0.776. The zero-order valence-corrected chi connectivity index (χ0v) is 13.7. The van der Waals surface area contributed by atoms with Crippen molar-refractivity contribution in [2.75, 3.05) is 0 Å². The molecule has 1 rings (SSSR count). The Morgan fingerprint density at radius 1 is 1.26 bits per heavy atom. The van der Waals surface area contributed by atoms with Gasteiger partial charge in [0.2, 0.25) is 10.0 Å². The average Bonchev–Trinajstić information content (AvgIpc) is 2.82. The van der Waals surface area contributed by atoms with Crippen molar-refractivity contribution >= 4 is 21.4 Å². The van der Waals surface area contributed by atoms with Crippen LogP contribution in [0.15, 0.2) is 16.3 Å². The van der Waals surface area contributed by atoms with Crippen LogP contribution in [0.3, 0.4) is 0 Å². The molecule has 0 amide bonds. The number of sulfonamides is 1. The van der Waals surface area contributed by atoms with Crippen molar-refractivity contribution in [3.8, 4) is 0 Å². The first kappa shape index (κ1) is 16.6. The largest absolute Gasteiger partial charge is 0.310 e. The van der Waals surface area contributed by atoms with Gasteiger partial charge in [0.1, 0.15) is 0 Å². The molecule has 0 saturated carbocycles. The second-order valence-corrected chi connectivity index (χ2v) is 7.56. The minimum Gasteiger partial charge on any atom is -0.310 e. The fraction of sp³-hybridized carbons (Fsp3) is 0.692. The van der Waals surface area contributed by atoms with Crippen molar-refractivity contribution < 1.29 is 8.42 Å². The minimum atomic E-state index is -3.40. The number of hydrogen-bond donors (Lipinski definition) is 2. The third kappa shape index (κ3) is 4.87. The van der Waals surface area contributed by atoms with Crippen LogP contribution < -0.4 is 10.0 Å².